The fraction of sp³-hybridized carbons (Fsp3) is 0.381. The number of aliphatic hydroxyl groups is 1. The lowest BCUT2D eigenvalue weighted by molar-refractivity contribution is -0.131. The molecule has 2 aromatic heterocycles. The first kappa shape index (κ1) is 18.4. The molecule has 7 heteroatoms. The van der Waals surface area contributed by atoms with E-state index in [4.69, 9.17) is 0 Å². The van der Waals surface area contributed by atoms with Gasteiger partial charge in [-0.1, -0.05) is 18.2 Å². The van der Waals surface area contributed by atoms with Crippen molar-refractivity contribution in [1.29, 1.82) is 0 Å². The molecule has 146 valence electrons. The molecule has 1 aliphatic heterocycles. The largest absolute Gasteiger partial charge is 0.390 e. The highest BCUT2D eigenvalue weighted by Gasteiger charge is 2.27. The summed E-state index contributed by atoms with van der Waals surface area (Å²) in [5.74, 6) is 0.0807. The maximum atomic E-state index is 13.0. The average Bonchev–Trinajstić information content (AvgIpc) is 3.19. The highest BCUT2D eigenvalue weighted by molar-refractivity contribution is 5.79. The molecule has 4 rings (SSSR count). The third-order valence-electron chi connectivity index (χ3n) is 5.60. The van der Waals surface area contributed by atoms with Crippen LogP contribution in [0.2, 0.25) is 0 Å². The van der Waals surface area contributed by atoms with E-state index in [1.807, 2.05) is 65.5 Å². The Morgan fingerprint density at radius 3 is 2.64 bits per heavy atom. The number of aliphatic hydroxyl groups excluding tert-OH is 1. The molecule has 0 saturated carbocycles. The monoisotopic (exact) mass is 379 g/mol. The van der Waals surface area contributed by atoms with Gasteiger partial charge in [-0.2, -0.15) is 10.2 Å². The predicted molar refractivity (Wildman–Crippen MR) is 105 cm³/mol. The molecule has 0 atom stereocenters. The number of hydrogen-bond donors (Lipinski definition) is 1. The van der Waals surface area contributed by atoms with Gasteiger partial charge in [0.2, 0.25) is 5.91 Å². The molecule has 1 aliphatic rings. The van der Waals surface area contributed by atoms with E-state index < -0.39 is 0 Å². The molecule has 0 saturated heterocycles. The molecule has 0 fully saturated rings. The van der Waals surface area contributed by atoms with Crippen molar-refractivity contribution in [2.45, 2.75) is 39.8 Å². The average molecular weight is 379 g/mol. The number of rotatable bonds is 4. The fourth-order valence-electron chi connectivity index (χ4n) is 4.02. The maximum Gasteiger partial charge on any atom is 0.227 e. The Labute approximate surface area is 164 Å². The molecule has 0 aliphatic carbocycles. The van der Waals surface area contributed by atoms with E-state index in [2.05, 4.69) is 10.2 Å². The van der Waals surface area contributed by atoms with Crippen LogP contribution in [0.15, 0.2) is 30.3 Å². The number of para-hydroxylation sites is 1. The van der Waals surface area contributed by atoms with Gasteiger partial charge in [-0.3, -0.25) is 9.48 Å². The standard InChI is InChI=1S/C21H25N5O2/c1-14-17(15(2)26(22-14)16-7-5-4-6-8-16)11-21(28)25-10-9-20-18(12-25)19(13-27)23-24(20)3/h4-8,27H,9-13H2,1-3H3. The van der Waals surface area contributed by atoms with Crippen LogP contribution in [-0.2, 0) is 37.8 Å². The van der Waals surface area contributed by atoms with Crippen LogP contribution in [0.4, 0.5) is 0 Å². The topological polar surface area (TPSA) is 76.2 Å². The van der Waals surface area contributed by atoms with Gasteiger partial charge in [-0.25, -0.2) is 4.68 Å². The maximum absolute atomic E-state index is 13.0. The quantitative estimate of drug-likeness (QED) is 0.751. The minimum Gasteiger partial charge on any atom is -0.390 e. The Kier molecular flexibility index (Phi) is 4.77. The van der Waals surface area contributed by atoms with Crippen molar-refractivity contribution < 1.29 is 9.90 Å². The Balaban J connectivity index is 1.56. The van der Waals surface area contributed by atoms with Gasteiger partial charge in [0.1, 0.15) is 0 Å². The number of amides is 1. The van der Waals surface area contributed by atoms with Gasteiger partial charge in [0.15, 0.2) is 0 Å². The van der Waals surface area contributed by atoms with E-state index in [-0.39, 0.29) is 12.5 Å². The molecule has 0 radical (unpaired) electrons. The van der Waals surface area contributed by atoms with Crippen LogP contribution >= 0.6 is 0 Å². The summed E-state index contributed by atoms with van der Waals surface area (Å²) in [5.41, 5.74) is 6.60. The van der Waals surface area contributed by atoms with Crippen LogP contribution < -0.4 is 0 Å². The first-order valence-electron chi connectivity index (χ1n) is 9.52. The van der Waals surface area contributed by atoms with Crippen LogP contribution in [0.5, 0.6) is 0 Å². The van der Waals surface area contributed by atoms with E-state index >= 15 is 0 Å². The summed E-state index contributed by atoms with van der Waals surface area (Å²) < 4.78 is 3.72. The van der Waals surface area contributed by atoms with Crippen molar-refractivity contribution in [3.05, 3.63) is 64.2 Å². The van der Waals surface area contributed by atoms with E-state index in [0.717, 1.165) is 40.3 Å². The Bertz CT molecular complexity index is 1020. The summed E-state index contributed by atoms with van der Waals surface area (Å²) in [6.45, 7) is 5.03. The van der Waals surface area contributed by atoms with Crippen LogP contribution in [-0.4, -0.2) is 42.0 Å². The van der Waals surface area contributed by atoms with Crippen LogP contribution in [0.3, 0.4) is 0 Å². The predicted octanol–water partition coefficient (Wildman–Crippen LogP) is 1.84. The number of hydrogen-bond acceptors (Lipinski definition) is 4. The van der Waals surface area contributed by atoms with Gasteiger partial charge in [0.05, 0.1) is 30.1 Å². The van der Waals surface area contributed by atoms with Gasteiger partial charge < -0.3 is 10.0 Å². The van der Waals surface area contributed by atoms with Crippen molar-refractivity contribution in [1.82, 2.24) is 24.5 Å². The third-order valence-corrected chi connectivity index (χ3v) is 5.60. The normalized spacial score (nSPS) is 13.6. The summed E-state index contributed by atoms with van der Waals surface area (Å²) in [6, 6.07) is 9.96. The van der Waals surface area contributed by atoms with Gasteiger partial charge in [0.25, 0.3) is 0 Å². The van der Waals surface area contributed by atoms with E-state index in [0.29, 0.717) is 25.2 Å². The summed E-state index contributed by atoms with van der Waals surface area (Å²) in [4.78, 5) is 14.9. The van der Waals surface area contributed by atoms with Crippen molar-refractivity contribution in [2.24, 2.45) is 7.05 Å². The molecule has 0 unspecified atom stereocenters. The van der Waals surface area contributed by atoms with Crippen LogP contribution in [0.1, 0.15) is 33.9 Å². The number of carbonyl (C=O) groups is 1. The molecular weight excluding hydrogens is 354 g/mol. The molecule has 1 N–H and O–H groups in total. The number of aryl methyl sites for hydroxylation is 2. The molecule has 7 nitrogen and oxygen atoms in total. The SMILES string of the molecule is Cc1nn(-c2ccccc2)c(C)c1CC(=O)N1CCc2c(c(CO)nn2C)C1. The highest BCUT2D eigenvalue weighted by Crippen LogP contribution is 2.24. The third kappa shape index (κ3) is 3.11. The molecule has 1 amide bonds. The van der Waals surface area contributed by atoms with E-state index in [1.165, 1.54) is 0 Å². The fourth-order valence-corrected chi connectivity index (χ4v) is 4.02. The first-order chi connectivity index (χ1) is 13.5. The zero-order valence-electron chi connectivity index (χ0n) is 16.5. The highest BCUT2D eigenvalue weighted by atomic mass is 16.3. The summed E-state index contributed by atoms with van der Waals surface area (Å²) in [6.07, 6.45) is 1.08. The number of carbonyl (C=O) groups excluding carboxylic acids is 1. The van der Waals surface area contributed by atoms with Gasteiger partial charge in [-0.05, 0) is 26.0 Å². The first-order valence-corrected chi connectivity index (χ1v) is 9.52. The Morgan fingerprint density at radius 1 is 1.18 bits per heavy atom. The summed E-state index contributed by atoms with van der Waals surface area (Å²) in [5, 5.41) is 18.6. The Hall–Kier alpha value is -2.93. The lowest BCUT2D eigenvalue weighted by Gasteiger charge is -2.28. The van der Waals surface area contributed by atoms with Crippen LogP contribution in [0, 0.1) is 13.8 Å². The van der Waals surface area contributed by atoms with Crippen molar-refractivity contribution in [3.63, 3.8) is 0 Å². The zero-order valence-corrected chi connectivity index (χ0v) is 16.5. The lowest BCUT2D eigenvalue weighted by atomic mass is 10.0. The summed E-state index contributed by atoms with van der Waals surface area (Å²) in [7, 11) is 1.89. The number of aromatic nitrogens is 4. The minimum absolute atomic E-state index is 0.0807. The zero-order chi connectivity index (χ0) is 19.8. The van der Waals surface area contributed by atoms with Crippen molar-refractivity contribution in [2.75, 3.05) is 6.54 Å². The molecule has 1 aromatic carbocycles. The summed E-state index contributed by atoms with van der Waals surface area (Å²) >= 11 is 0. The molecule has 0 spiro atoms. The molecular formula is C21H25N5O2. The van der Waals surface area contributed by atoms with Crippen molar-refractivity contribution >= 4 is 5.91 Å². The van der Waals surface area contributed by atoms with Crippen molar-refractivity contribution in [3.8, 4) is 5.69 Å². The smallest absolute Gasteiger partial charge is 0.227 e. The van der Waals surface area contributed by atoms with Crippen LogP contribution in [0.25, 0.3) is 5.69 Å². The Morgan fingerprint density at radius 2 is 1.93 bits per heavy atom. The minimum atomic E-state index is -0.104. The van der Waals surface area contributed by atoms with Gasteiger partial charge >= 0.3 is 0 Å². The van der Waals surface area contributed by atoms with E-state index in [1.54, 1.807) is 0 Å². The number of fused-ring (bicyclic) bond motifs is 1. The van der Waals surface area contributed by atoms with Gasteiger partial charge in [-0.15, -0.1) is 0 Å². The second-order valence-corrected chi connectivity index (χ2v) is 7.29. The molecule has 28 heavy (non-hydrogen) atoms. The van der Waals surface area contributed by atoms with E-state index in [9.17, 15) is 9.90 Å². The van der Waals surface area contributed by atoms with Gasteiger partial charge in [0, 0.05) is 49.1 Å². The second kappa shape index (κ2) is 7.24. The second-order valence-electron chi connectivity index (χ2n) is 7.29. The lowest BCUT2D eigenvalue weighted by Crippen LogP contribution is -2.37. The number of nitrogens with zero attached hydrogens (tertiary/aromatic N) is 5. The number of benzene rings is 1. The molecule has 3 heterocycles. The molecule has 0 bridgehead atoms. The molecule has 3 aromatic rings.